The van der Waals surface area contributed by atoms with Crippen LogP contribution in [0.1, 0.15) is 15.9 Å². The predicted octanol–water partition coefficient (Wildman–Crippen LogP) is 5.46. The average molecular weight is 427 g/mol. The molecule has 0 fully saturated rings. The third-order valence-corrected chi connectivity index (χ3v) is 3.77. The van der Waals surface area contributed by atoms with E-state index in [-0.39, 0.29) is 26.3 Å². The molecule has 0 bridgehead atoms. The van der Waals surface area contributed by atoms with Crippen LogP contribution in [0, 0.1) is 0 Å². The summed E-state index contributed by atoms with van der Waals surface area (Å²) in [6.45, 7) is -0.741. The fourth-order valence-corrected chi connectivity index (χ4v) is 2.56. The minimum Gasteiger partial charge on any atom is -0.452 e. The van der Waals surface area contributed by atoms with Gasteiger partial charge < -0.3 is 10.1 Å². The molecule has 0 unspecified atom stereocenters. The molecule has 0 aliphatic rings. The molecule has 0 aliphatic heterocycles. The van der Waals surface area contributed by atoms with Crippen LogP contribution in [0.5, 0.6) is 0 Å². The first-order chi connectivity index (χ1) is 12.1. The second-order valence-electron chi connectivity index (χ2n) is 4.97. The topological polar surface area (TPSA) is 55.4 Å². The van der Waals surface area contributed by atoms with E-state index in [0.717, 1.165) is 12.1 Å². The summed E-state index contributed by atoms with van der Waals surface area (Å²) in [6, 6.07) is 6.44. The number of amides is 1. The second kappa shape index (κ2) is 8.16. The maximum Gasteiger partial charge on any atom is 0.416 e. The Morgan fingerprint density at radius 2 is 1.62 bits per heavy atom. The highest BCUT2D eigenvalue weighted by atomic mass is 35.5. The number of ether oxygens (including phenoxy) is 1. The number of esters is 1. The summed E-state index contributed by atoms with van der Waals surface area (Å²) >= 11 is 17.3. The van der Waals surface area contributed by atoms with Gasteiger partial charge >= 0.3 is 12.1 Å². The van der Waals surface area contributed by atoms with E-state index in [1.54, 1.807) is 0 Å². The van der Waals surface area contributed by atoms with Crippen molar-refractivity contribution in [2.75, 3.05) is 11.9 Å². The number of carbonyl (C=O) groups is 2. The lowest BCUT2D eigenvalue weighted by molar-refractivity contribution is -0.137. The first-order valence-electron chi connectivity index (χ1n) is 6.86. The summed E-state index contributed by atoms with van der Waals surface area (Å²) in [5.74, 6) is -1.74. The average Bonchev–Trinajstić information content (AvgIpc) is 2.52. The number of anilines is 1. The number of hydrogen-bond donors (Lipinski definition) is 1. The van der Waals surface area contributed by atoms with E-state index in [9.17, 15) is 22.8 Å². The van der Waals surface area contributed by atoms with Gasteiger partial charge in [0.15, 0.2) is 6.61 Å². The van der Waals surface area contributed by atoms with Gasteiger partial charge in [-0.15, -0.1) is 0 Å². The Hall–Kier alpha value is -1.96. The Balaban J connectivity index is 2.02. The maximum atomic E-state index is 12.7. The van der Waals surface area contributed by atoms with Crippen molar-refractivity contribution in [3.63, 3.8) is 0 Å². The van der Waals surface area contributed by atoms with Gasteiger partial charge in [-0.2, -0.15) is 13.2 Å². The van der Waals surface area contributed by atoms with Gasteiger partial charge in [-0.1, -0.05) is 34.8 Å². The minimum absolute atomic E-state index is 0.0207. The highest BCUT2D eigenvalue weighted by Gasteiger charge is 2.31. The smallest absolute Gasteiger partial charge is 0.416 e. The summed E-state index contributed by atoms with van der Waals surface area (Å²) in [5, 5.41) is 2.45. The van der Waals surface area contributed by atoms with E-state index >= 15 is 0 Å². The molecule has 2 rings (SSSR count). The van der Waals surface area contributed by atoms with Crippen LogP contribution >= 0.6 is 34.8 Å². The predicted molar refractivity (Wildman–Crippen MR) is 91.8 cm³/mol. The fraction of sp³-hybridized carbons (Fsp3) is 0.125. The Morgan fingerprint density at radius 3 is 2.19 bits per heavy atom. The second-order valence-corrected chi connectivity index (χ2v) is 6.25. The highest BCUT2D eigenvalue weighted by Crippen LogP contribution is 2.33. The van der Waals surface area contributed by atoms with Gasteiger partial charge in [0, 0.05) is 10.0 Å². The van der Waals surface area contributed by atoms with Gasteiger partial charge in [-0.25, -0.2) is 4.79 Å². The van der Waals surface area contributed by atoms with Crippen molar-refractivity contribution in [2.24, 2.45) is 0 Å². The first-order valence-corrected chi connectivity index (χ1v) is 7.99. The highest BCUT2D eigenvalue weighted by molar-refractivity contribution is 6.35. The number of carbonyl (C=O) groups excluding carboxylic acids is 2. The summed E-state index contributed by atoms with van der Waals surface area (Å²) in [7, 11) is 0. The van der Waals surface area contributed by atoms with Crippen molar-refractivity contribution in [3.8, 4) is 0 Å². The van der Waals surface area contributed by atoms with E-state index in [4.69, 9.17) is 39.5 Å². The van der Waals surface area contributed by atoms with Crippen LogP contribution in [0.15, 0.2) is 36.4 Å². The molecular weight excluding hydrogens is 418 g/mol. The van der Waals surface area contributed by atoms with Crippen molar-refractivity contribution in [1.29, 1.82) is 0 Å². The lowest BCUT2D eigenvalue weighted by atomic mass is 10.2. The van der Waals surface area contributed by atoms with E-state index in [0.29, 0.717) is 6.07 Å². The lowest BCUT2D eigenvalue weighted by Gasteiger charge is -2.12. The van der Waals surface area contributed by atoms with Crippen LogP contribution in [0.4, 0.5) is 18.9 Å². The molecule has 1 N–H and O–H groups in total. The van der Waals surface area contributed by atoms with Crippen LogP contribution in [-0.4, -0.2) is 18.5 Å². The van der Waals surface area contributed by atoms with Crippen molar-refractivity contribution in [3.05, 3.63) is 62.6 Å². The Labute approximate surface area is 160 Å². The molecule has 10 heteroatoms. The molecule has 1 amide bonds. The monoisotopic (exact) mass is 425 g/mol. The molecule has 0 aliphatic carbocycles. The van der Waals surface area contributed by atoms with Gasteiger partial charge in [-0.05, 0) is 36.4 Å². The molecule has 0 saturated heterocycles. The van der Waals surface area contributed by atoms with Gasteiger partial charge in [0.2, 0.25) is 0 Å². The third-order valence-electron chi connectivity index (χ3n) is 3.00. The van der Waals surface area contributed by atoms with Crippen LogP contribution in [-0.2, 0) is 15.7 Å². The van der Waals surface area contributed by atoms with E-state index in [2.05, 4.69) is 5.32 Å². The Morgan fingerprint density at radius 1 is 1.00 bits per heavy atom. The van der Waals surface area contributed by atoms with Gasteiger partial charge in [0.25, 0.3) is 5.91 Å². The molecule has 0 radical (unpaired) electrons. The van der Waals surface area contributed by atoms with Crippen LogP contribution in [0.25, 0.3) is 0 Å². The van der Waals surface area contributed by atoms with Crippen molar-refractivity contribution < 1.29 is 27.5 Å². The van der Waals surface area contributed by atoms with Crippen LogP contribution < -0.4 is 5.32 Å². The molecule has 0 saturated carbocycles. The fourth-order valence-electron chi connectivity index (χ4n) is 1.87. The summed E-state index contributed by atoms with van der Waals surface area (Å²) in [5.41, 5.74) is -1.22. The zero-order valence-corrected chi connectivity index (χ0v) is 14.9. The molecule has 2 aromatic carbocycles. The van der Waals surface area contributed by atoms with E-state index in [1.807, 2.05) is 0 Å². The quantitative estimate of drug-likeness (QED) is 0.661. The number of halogens is 6. The molecule has 0 aromatic heterocycles. The molecule has 138 valence electrons. The van der Waals surface area contributed by atoms with Crippen molar-refractivity contribution in [1.82, 2.24) is 0 Å². The number of nitrogens with one attached hydrogen (secondary N) is 1. The number of alkyl halides is 3. The zero-order chi connectivity index (χ0) is 19.5. The molecule has 0 heterocycles. The minimum atomic E-state index is -4.59. The Bertz CT molecular complexity index is 836. The third kappa shape index (κ3) is 5.52. The normalized spacial score (nSPS) is 11.2. The van der Waals surface area contributed by atoms with Crippen molar-refractivity contribution >= 4 is 52.4 Å². The van der Waals surface area contributed by atoms with Crippen LogP contribution in [0.3, 0.4) is 0 Å². The zero-order valence-electron chi connectivity index (χ0n) is 12.7. The van der Waals surface area contributed by atoms with Crippen molar-refractivity contribution in [2.45, 2.75) is 6.18 Å². The molecule has 2 aromatic rings. The molecular formula is C16H9Cl3F3NO3. The molecule has 4 nitrogen and oxygen atoms in total. The Kier molecular flexibility index (Phi) is 6.39. The summed E-state index contributed by atoms with van der Waals surface area (Å²) in [6.07, 6.45) is -4.59. The number of hydrogen-bond acceptors (Lipinski definition) is 3. The first kappa shape index (κ1) is 20.4. The van der Waals surface area contributed by atoms with Gasteiger partial charge in [-0.3, -0.25) is 4.79 Å². The SMILES string of the molecule is O=C(COC(=O)c1cc(Cl)cc(Cl)c1)Nc1cc(C(F)(F)F)ccc1Cl. The maximum absolute atomic E-state index is 12.7. The number of rotatable bonds is 4. The van der Waals surface area contributed by atoms with Gasteiger partial charge in [0.05, 0.1) is 21.8 Å². The molecule has 26 heavy (non-hydrogen) atoms. The molecule has 0 spiro atoms. The number of benzene rings is 2. The standard InChI is InChI=1S/C16H9Cl3F3NO3/c17-10-3-8(4-11(18)6-10)15(25)26-7-14(24)23-13-5-9(16(20,21)22)1-2-12(13)19/h1-6H,7H2,(H,23,24). The molecule has 0 atom stereocenters. The summed E-state index contributed by atoms with van der Waals surface area (Å²) in [4.78, 5) is 23.7. The van der Waals surface area contributed by atoms with Crippen LogP contribution in [0.2, 0.25) is 15.1 Å². The largest absolute Gasteiger partial charge is 0.452 e. The van der Waals surface area contributed by atoms with Gasteiger partial charge in [0.1, 0.15) is 0 Å². The summed E-state index contributed by atoms with van der Waals surface area (Å²) < 4.78 is 42.9. The lowest BCUT2D eigenvalue weighted by Crippen LogP contribution is -2.21. The van der Waals surface area contributed by atoms with E-state index in [1.165, 1.54) is 18.2 Å². The van der Waals surface area contributed by atoms with E-state index < -0.39 is 30.2 Å².